The number of amides is 2. The molecule has 150 valence electrons. The average Bonchev–Trinajstić information content (AvgIpc) is 2.70. The van der Waals surface area contributed by atoms with E-state index >= 15 is 0 Å². The molecule has 1 fully saturated rings. The molecule has 5 nitrogen and oxygen atoms in total. The fraction of sp³-hybridized carbons (Fsp3) is 0.381. The number of hydrogen-bond acceptors (Lipinski definition) is 3. The monoisotopic (exact) mass is 509 g/mol. The van der Waals surface area contributed by atoms with Crippen molar-refractivity contribution in [1.29, 1.82) is 0 Å². The Labute approximate surface area is 183 Å². The van der Waals surface area contributed by atoms with E-state index in [9.17, 15) is 4.79 Å². The highest BCUT2D eigenvalue weighted by Crippen LogP contribution is 2.35. The first-order valence-electron chi connectivity index (χ1n) is 9.33. The number of nitrogens with zero attached hydrogens (tertiary/aromatic N) is 2. The number of piperazine rings is 1. The topological polar surface area (TPSA) is 44.8 Å². The Bertz CT molecular complexity index is 826. The molecule has 28 heavy (non-hydrogen) atoms. The lowest BCUT2D eigenvalue weighted by atomic mass is 10.0. The Kier molecular flexibility index (Phi) is 6.88. The second kappa shape index (κ2) is 9.18. The molecule has 1 aliphatic rings. The Balaban J connectivity index is 1.63. The normalized spacial score (nSPS) is 14.4. The number of urea groups is 1. The van der Waals surface area contributed by atoms with Crippen molar-refractivity contribution < 1.29 is 9.53 Å². The number of carbonyl (C=O) groups excluding carboxylic acids is 1. The summed E-state index contributed by atoms with van der Waals surface area (Å²) in [4.78, 5) is 16.9. The van der Waals surface area contributed by atoms with Crippen LogP contribution in [0.15, 0.2) is 45.3 Å². The molecule has 1 N–H and O–H groups in total. The van der Waals surface area contributed by atoms with Gasteiger partial charge in [0.1, 0.15) is 5.75 Å². The molecule has 1 saturated heterocycles. The van der Waals surface area contributed by atoms with Gasteiger partial charge in [-0.25, -0.2) is 4.79 Å². The summed E-state index contributed by atoms with van der Waals surface area (Å²) in [6.45, 7) is 7.21. The van der Waals surface area contributed by atoms with Crippen LogP contribution in [0.3, 0.4) is 0 Å². The van der Waals surface area contributed by atoms with Gasteiger partial charge in [0.05, 0.1) is 12.8 Å². The fourth-order valence-electron chi connectivity index (χ4n) is 3.21. The first-order chi connectivity index (χ1) is 13.4. The Morgan fingerprint density at radius 3 is 2.29 bits per heavy atom. The van der Waals surface area contributed by atoms with E-state index in [0.717, 1.165) is 39.2 Å². The number of nitrogens with one attached hydrogen (secondary N) is 1. The van der Waals surface area contributed by atoms with Crippen molar-refractivity contribution >= 4 is 49.3 Å². The fourth-order valence-corrected chi connectivity index (χ4v) is 4.63. The molecule has 0 saturated carbocycles. The molecule has 7 heteroatoms. The zero-order valence-electron chi connectivity index (χ0n) is 16.3. The van der Waals surface area contributed by atoms with Gasteiger partial charge in [0.2, 0.25) is 0 Å². The molecule has 2 aromatic carbocycles. The molecule has 0 aromatic heterocycles. The third-order valence-corrected chi connectivity index (χ3v) is 6.20. The number of anilines is 2. The van der Waals surface area contributed by atoms with Gasteiger partial charge < -0.3 is 19.9 Å². The molecule has 3 rings (SSSR count). The van der Waals surface area contributed by atoms with Crippen molar-refractivity contribution in [3.05, 3.63) is 50.9 Å². The molecule has 0 radical (unpaired) electrons. The minimum absolute atomic E-state index is 0.0796. The van der Waals surface area contributed by atoms with Gasteiger partial charge in [-0.05, 0) is 67.6 Å². The smallest absolute Gasteiger partial charge is 0.322 e. The summed E-state index contributed by atoms with van der Waals surface area (Å²) in [5, 5.41) is 3.04. The minimum atomic E-state index is -0.0796. The van der Waals surface area contributed by atoms with E-state index in [1.807, 2.05) is 23.1 Å². The summed E-state index contributed by atoms with van der Waals surface area (Å²) in [7, 11) is 1.67. The Hall–Kier alpha value is -1.73. The van der Waals surface area contributed by atoms with Gasteiger partial charge in [0, 0.05) is 46.9 Å². The van der Waals surface area contributed by atoms with E-state index in [1.165, 1.54) is 5.56 Å². The van der Waals surface area contributed by atoms with E-state index in [1.54, 1.807) is 7.11 Å². The van der Waals surface area contributed by atoms with E-state index in [0.29, 0.717) is 19.0 Å². The second-order valence-electron chi connectivity index (χ2n) is 7.12. The standard InChI is InChI=1S/C21H25Br2N3O2/c1-14(2)15-11-18(22)20(19(23)12-15)24-21(27)26-9-7-25(8-10-26)16-5-4-6-17(13-16)28-3/h4-6,11-14H,7-10H2,1-3H3,(H,24,27). The van der Waals surface area contributed by atoms with Crippen molar-refractivity contribution in [3.63, 3.8) is 0 Å². The van der Waals surface area contributed by atoms with Crippen LogP contribution in [-0.4, -0.2) is 44.2 Å². The van der Waals surface area contributed by atoms with Crippen molar-refractivity contribution in [1.82, 2.24) is 4.90 Å². The molecule has 0 atom stereocenters. The maximum atomic E-state index is 12.8. The van der Waals surface area contributed by atoms with Gasteiger partial charge >= 0.3 is 6.03 Å². The summed E-state index contributed by atoms with van der Waals surface area (Å²) in [6.07, 6.45) is 0. The van der Waals surface area contributed by atoms with E-state index < -0.39 is 0 Å². The van der Waals surface area contributed by atoms with Crippen molar-refractivity contribution in [3.8, 4) is 5.75 Å². The van der Waals surface area contributed by atoms with Gasteiger partial charge in [-0.15, -0.1) is 0 Å². The molecule has 0 bridgehead atoms. The number of halogens is 2. The van der Waals surface area contributed by atoms with Gasteiger partial charge in [-0.1, -0.05) is 19.9 Å². The molecule has 0 aliphatic carbocycles. The highest BCUT2D eigenvalue weighted by Gasteiger charge is 2.23. The van der Waals surface area contributed by atoms with Gasteiger partial charge in [-0.3, -0.25) is 0 Å². The highest BCUT2D eigenvalue weighted by atomic mass is 79.9. The lowest BCUT2D eigenvalue weighted by molar-refractivity contribution is 0.208. The van der Waals surface area contributed by atoms with Crippen LogP contribution in [0.25, 0.3) is 0 Å². The van der Waals surface area contributed by atoms with Crippen molar-refractivity contribution in [2.24, 2.45) is 0 Å². The summed E-state index contributed by atoms with van der Waals surface area (Å²) >= 11 is 7.18. The zero-order chi connectivity index (χ0) is 20.3. The predicted molar refractivity (Wildman–Crippen MR) is 122 cm³/mol. The Morgan fingerprint density at radius 1 is 1.07 bits per heavy atom. The summed E-state index contributed by atoms with van der Waals surface area (Å²) in [6, 6.07) is 12.1. The number of methoxy groups -OCH3 is 1. The Morgan fingerprint density at radius 2 is 1.71 bits per heavy atom. The van der Waals surface area contributed by atoms with Crippen LogP contribution in [0.2, 0.25) is 0 Å². The predicted octanol–water partition coefficient (Wildman–Crippen LogP) is 5.70. The van der Waals surface area contributed by atoms with E-state index in [2.05, 4.69) is 74.1 Å². The highest BCUT2D eigenvalue weighted by molar-refractivity contribution is 9.11. The second-order valence-corrected chi connectivity index (χ2v) is 8.83. The lowest BCUT2D eigenvalue weighted by Gasteiger charge is -2.36. The minimum Gasteiger partial charge on any atom is -0.497 e. The molecule has 2 aromatic rings. The first kappa shape index (κ1) is 21.0. The molecule has 1 aliphatic heterocycles. The number of hydrogen-bond donors (Lipinski definition) is 1. The van der Waals surface area contributed by atoms with Crippen LogP contribution in [0.5, 0.6) is 5.75 Å². The number of carbonyl (C=O) groups is 1. The van der Waals surface area contributed by atoms with Crippen LogP contribution in [-0.2, 0) is 0 Å². The number of ether oxygens (including phenoxy) is 1. The van der Waals surface area contributed by atoms with Crippen LogP contribution in [0.1, 0.15) is 25.3 Å². The average molecular weight is 511 g/mol. The van der Waals surface area contributed by atoms with Crippen molar-refractivity contribution in [2.45, 2.75) is 19.8 Å². The van der Waals surface area contributed by atoms with Crippen molar-refractivity contribution in [2.75, 3.05) is 43.5 Å². The van der Waals surface area contributed by atoms with Crippen LogP contribution in [0, 0.1) is 0 Å². The zero-order valence-corrected chi connectivity index (χ0v) is 19.5. The molecule has 0 unspecified atom stereocenters. The summed E-state index contributed by atoms with van der Waals surface area (Å²) < 4.78 is 7.07. The molecule has 1 heterocycles. The van der Waals surface area contributed by atoms with Gasteiger partial charge in [0.15, 0.2) is 0 Å². The number of rotatable bonds is 4. The lowest BCUT2D eigenvalue weighted by Crippen LogP contribution is -2.50. The molecular formula is C21H25Br2N3O2. The maximum Gasteiger partial charge on any atom is 0.322 e. The van der Waals surface area contributed by atoms with E-state index in [-0.39, 0.29) is 6.03 Å². The SMILES string of the molecule is COc1cccc(N2CCN(C(=O)Nc3c(Br)cc(C(C)C)cc3Br)CC2)c1. The summed E-state index contributed by atoms with van der Waals surface area (Å²) in [5.41, 5.74) is 3.10. The third-order valence-electron chi connectivity index (χ3n) is 4.95. The van der Waals surface area contributed by atoms with Gasteiger partial charge in [0.25, 0.3) is 0 Å². The van der Waals surface area contributed by atoms with Crippen LogP contribution >= 0.6 is 31.9 Å². The largest absolute Gasteiger partial charge is 0.497 e. The van der Waals surface area contributed by atoms with Crippen LogP contribution in [0.4, 0.5) is 16.2 Å². The summed E-state index contributed by atoms with van der Waals surface area (Å²) in [5.74, 6) is 1.26. The molecule has 2 amide bonds. The third kappa shape index (κ3) is 4.81. The molecule has 0 spiro atoms. The number of benzene rings is 2. The van der Waals surface area contributed by atoms with Gasteiger partial charge in [-0.2, -0.15) is 0 Å². The molecular weight excluding hydrogens is 486 g/mol. The first-order valence-corrected chi connectivity index (χ1v) is 10.9. The van der Waals surface area contributed by atoms with E-state index in [4.69, 9.17) is 4.74 Å². The maximum absolute atomic E-state index is 12.8. The van der Waals surface area contributed by atoms with Crippen LogP contribution < -0.4 is 15.0 Å². The quantitative estimate of drug-likeness (QED) is 0.574.